The van der Waals surface area contributed by atoms with Crippen LogP contribution in [-0.4, -0.2) is 13.1 Å². The Balaban J connectivity index is 2.37. The van der Waals surface area contributed by atoms with Gasteiger partial charge in [0.15, 0.2) is 11.6 Å². The van der Waals surface area contributed by atoms with Crippen molar-refractivity contribution < 1.29 is 13.2 Å². The minimum atomic E-state index is -1.13. The third kappa shape index (κ3) is 1.62. The first kappa shape index (κ1) is 9.52. The number of halogens is 3. The first-order valence-electron chi connectivity index (χ1n) is 4.53. The second-order valence-electron chi connectivity index (χ2n) is 3.48. The molecule has 76 valence electrons. The van der Waals surface area contributed by atoms with Gasteiger partial charge in [-0.3, -0.25) is 0 Å². The summed E-state index contributed by atoms with van der Waals surface area (Å²) in [5.41, 5.74) is 0.272. The lowest BCUT2D eigenvalue weighted by Gasteiger charge is -2.10. The van der Waals surface area contributed by atoms with Crippen LogP contribution in [0.2, 0.25) is 0 Å². The van der Waals surface area contributed by atoms with Crippen molar-refractivity contribution in [2.75, 3.05) is 13.1 Å². The molecule has 1 atom stereocenters. The molecule has 0 aromatic heterocycles. The highest BCUT2D eigenvalue weighted by Gasteiger charge is 2.21. The highest BCUT2D eigenvalue weighted by atomic mass is 19.2. The van der Waals surface area contributed by atoms with E-state index in [1.165, 1.54) is 0 Å². The fourth-order valence-corrected chi connectivity index (χ4v) is 1.77. The van der Waals surface area contributed by atoms with E-state index in [1.54, 1.807) is 0 Å². The third-order valence-corrected chi connectivity index (χ3v) is 2.54. The molecule has 1 aliphatic heterocycles. The quantitative estimate of drug-likeness (QED) is 0.687. The Hall–Kier alpha value is -1.03. The summed E-state index contributed by atoms with van der Waals surface area (Å²) >= 11 is 0. The Bertz CT molecular complexity index is 345. The van der Waals surface area contributed by atoms with Gasteiger partial charge < -0.3 is 5.32 Å². The molecule has 1 N–H and O–H groups in total. The normalized spacial score (nSPS) is 21.5. The van der Waals surface area contributed by atoms with Crippen molar-refractivity contribution >= 4 is 0 Å². The molecule has 1 fully saturated rings. The summed E-state index contributed by atoms with van der Waals surface area (Å²) in [5.74, 6) is -2.80. The van der Waals surface area contributed by atoms with Crippen LogP contribution in [0.1, 0.15) is 17.9 Å². The van der Waals surface area contributed by atoms with E-state index in [0.29, 0.717) is 12.6 Å². The molecule has 1 aliphatic rings. The lowest BCUT2D eigenvalue weighted by Crippen LogP contribution is -2.09. The molecule has 1 heterocycles. The SMILES string of the molecule is Fc1cc(F)c(C2CCNC2)cc1F. The van der Waals surface area contributed by atoms with Gasteiger partial charge >= 0.3 is 0 Å². The number of hydrogen-bond donors (Lipinski definition) is 1. The molecule has 1 saturated heterocycles. The van der Waals surface area contributed by atoms with E-state index in [2.05, 4.69) is 5.32 Å². The van der Waals surface area contributed by atoms with Gasteiger partial charge in [0.25, 0.3) is 0 Å². The molecule has 1 unspecified atom stereocenters. The van der Waals surface area contributed by atoms with Crippen LogP contribution in [0.5, 0.6) is 0 Å². The van der Waals surface area contributed by atoms with Gasteiger partial charge in [0.05, 0.1) is 0 Å². The van der Waals surface area contributed by atoms with Crippen LogP contribution in [-0.2, 0) is 0 Å². The molecule has 1 aromatic rings. The first-order valence-corrected chi connectivity index (χ1v) is 4.53. The Labute approximate surface area is 79.9 Å². The second kappa shape index (κ2) is 3.61. The fourth-order valence-electron chi connectivity index (χ4n) is 1.77. The maximum absolute atomic E-state index is 13.2. The maximum Gasteiger partial charge on any atom is 0.161 e. The van der Waals surface area contributed by atoms with Crippen LogP contribution < -0.4 is 5.32 Å². The summed E-state index contributed by atoms with van der Waals surface area (Å²) in [6.07, 6.45) is 0.766. The lowest BCUT2D eigenvalue weighted by molar-refractivity contribution is 0.485. The van der Waals surface area contributed by atoms with Crippen molar-refractivity contribution in [3.63, 3.8) is 0 Å². The Morgan fingerprint density at radius 1 is 1.07 bits per heavy atom. The van der Waals surface area contributed by atoms with Crippen molar-refractivity contribution in [3.05, 3.63) is 35.1 Å². The highest BCUT2D eigenvalue weighted by Crippen LogP contribution is 2.26. The highest BCUT2D eigenvalue weighted by molar-refractivity contribution is 5.25. The second-order valence-corrected chi connectivity index (χ2v) is 3.48. The number of nitrogens with one attached hydrogen (secondary N) is 1. The minimum absolute atomic E-state index is 0.0369. The van der Waals surface area contributed by atoms with Gasteiger partial charge in [0.1, 0.15) is 5.82 Å². The number of rotatable bonds is 1. The van der Waals surface area contributed by atoms with Crippen molar-refractivity contribution in [2.45, 2.75) is 12.3 Å². The molecule has 0 aliphatic carbocycles. The van der Waals surface area contributed by atoms with E-state index in [0.717, 1.165) is 19.0 Å². The van der Waals surface area contributed by atoms with Gasteiger partial charge in [-0.05, 0) is 24.6 Å². The van der Waals surface area contributed by atoms with E-state index in [9.17, 15) is 13.2 Å². The summed E-state index contributed by atoms with van der Waals surface area (Å²) in [4.78, 5) is 0. The van der Waals surface area contributed by atoms with Crippen LogP contribution in [0.4, 0.5) is 13.2 Å². The zero-order chi connectivity index (χ0) is 10.1. The van der Waals surface area contributed by atoms with E-state index in [-0.39, 0.29) is 11.5 Å². The molecule has 0 spiro atoms. The standard InChI is InChI=1S/C10H10F3N/c11-8-4-10(13)9(12)3-7(8)6-1-2-14-5-6/h3-4,6,14H,1-2,5H2. The van der Waals surface area contributed by atoms with E-state index < -0.39 is 17.5 Å². The van der Waals surface area contributed by atoms with Crippen LogP contribution in [0, 0.1) is 17.5 Å². The van der Waals surface area contributed by atoms with Crippen LogP contribution in [0.25, 0.3) is 0 Å². The molecular weight excluding hydrogens is 191 g/mol. The maximum atomic E-state index is 13.2. The molecule has 0 bridgehead atoms. The number of hydrogen-bond acceptors (Lipinski definition) is 1. The number of benzene rings is 1. The summed E-state index contributed by atoms with van der Waals surface area (Å²) in [6, 6.07) is 1.57. The average molecular weight is 201 g/mol. The van der Waals surface area contributed by atoms with Crippen molar-refractivity contribution in [3.8, 4) is 0 Å². The molecule has 0 saturated carbocycles. The summed E-state index contributed by atoms with van der Waals surface area (Å²) in [7, 11) is 0. The lowest BCUT2D eigenvalue weighted by atomic mass is 9.98. The van der Waals surface area contributed by atoms with Crippen LogP contribution in [0.3, 0.4) is 0 Å². The smallest absolute Gasteiger partial charge is 0.161 e. The Kier molecular flexibility index (Phi) is 2.46. The van der Waals surface area contributed by atoms with Gasteiger partial charge in [0.2, 0.25) is 0 Å². The molecule has 4 heteroatoms. The van der Waals surface area contributed by atoms with Gasteiger partial charge in [-0.2, -0.15) is 0 Å². The fraction of sp³-hybridized carbons (Fsp3) is 0.400. The zero-order valence-corrected chi connectivity index (χ0v) is 7.49. The van der Waals surface area contributed by atoms with Gasteiger partial charge in [0, 0.05) is 18.5 Å². The van der Waals surface area contributed by atoms with Gasteiger partial charge in [-0.15, -0.1) is 0 Å². The molecule has 0 radical (unpaired) electrons. The Morgan fingerprint density at radius 2 is 1.79 bits per heavy atom. The van der Waals surface area contributed by atoms with Crippen molar-refractivity contribution in [2.24, 2.45) is 0 Å². The predicted octanol–water partition coefficient (Wildman–Crippen LogP) is 2.18. The summed E-state index contributed by atoms with van der Waals surface area (Å²) in [6.45, 7) is 1.42. The Morgan fingerprint density at radius 3 is 2.43 bits per heavy atom. The largest absolute Gasteiger partial charge is 0.316 e. The molecule has 14 heavy (non-hydrogen) atoms. The van der Waals surface area contributed by atoms with E-state index >= 15 is 0 Å². The monoisotopic (exact) mass is 201 g/mol. The van der Waals surface area contributed by atoms with E-state index in [4.69, 9.17) is 0 Å². The first-order chi connectivity index (χ1) is 6.68. The third-order valence-electron chi connectivity index (χ3n) is 2.54. The molecule has 1 aromatic carbocycles. The van der Waals surface area contributed by atoms with Gasteiger partial charge in [-0.1, -0.05) is 0 Å². The topological polar surface area (TPSA) is 12.0 Å². The average Bonchev–Trinajstić information content (AvgIpc) is 2.64. The van der Waals surface area contributed by atoms with Crippen molar-refractivity contribution in [1.29, 1.82) is 0 Å². The zero-order valence-electron chi connectivity index (χ0n) is 7.49. The molecule has 2 rings (SSSR count). The predicted molar refractivity (Wildman–Crippen MR) is 46.5 cm³/mol. The van der Waals surface area contributed by atoms with Gasteiger partial charge in [-0.25, -0.2) is 13.2 Å². The van der Waals surface area contributed by atoms with Crippen LogP contribution in [0.15, 0.2) is 12.1 Å². The molecule has 0 amide bonds. The van der Waals surface area contributed by atoms with Crippen molar-refractivity contribution in [1.82, 2.24) is 5.32 Å². The summed E-state index contributed by atoms with van der Waals surface area (Å²) < 4.78 is 38.7. The minimum Gasteiger partial charge on any atom is -0.316 e. The molecular formula is C10H10F3N. The molecule has 1 nitrogen and oxygen atoms in total. The summed E-state index contributed by atoms with van der Waals surface area (Å²) in [5, 5.41) is 3.05. The van der Waals surface area contributed by atoms with Crippen LogP contribution >= 0.6 is 0 Å². The van der Waals surface area contributed by atoms with E-state index in [1.807, 2.05) is 0 Å².